The highest BCUT2D eigenvalue weighted by Crippen LogP contribution is 2.66. The Bertz CT molecular complexity index is 827. The summed E-state index contributed by atoms with van der Waals surface area (Å²) in [5, 5.41) is 2.98. The van der Waals surface area contributed by atoms with E-state index in [1.54, 1.807) is 7.05 Å². The van der Waals surface area contributed by atoms with Gasteiger partial charge >= 0.3 is 0 Å². The van der Waals surface area contributed by atoms with Crippen LogP contribution >= 0.6 is 0 Å². The van der Waals surface area contributed by atoms with Crippen molar-refractivity contribution in [1.82, 2.24) is 4.90 Å². The number of likely N-dealkylation sites (tertiary alicyclic amines) is 1. The van der Waals surface area contributed by atoms with E-state index < -0.39 is 39.2 Å². The number of benzene rings is 1. The number of nitrogens with zero attached hydrogens (tertiary/aromatic N) is 1. The Hall–Kier alpha value is -1.25. The van der Waals surface area contributed by atoms with Gasteiger partial charge in [0, 0.05) is 7.05 Å². The Balaban J connectivity index is 2.03. The third-order valence-electron chi connectivity index (χ3n) is 6.98. The highest BCUT2D eigenvalue weighted by Gasteiger charge is 2.74. The van der Waals surface area contributed by atoms with Gasteiger partial charge in [-0.1, -0.05) is 61.8 Å². The van der Waals surface area contributed by atoms with Crippen molar-refractivity contribution in [2.45, 2.75) is 64.3 Å². The van der Waals surface area contributed by atoms with Crippen LogP contribution in [0.1, 0.15) is 25.0 Å². The Kier molecular flexibility index (Phi) is 3.55. The SMILES string of the molecule is CN1C(=O)C2C(C1=O)C1(C)OC2(C)c2cc([Si](C)(C)C)c([Si](C)(C)C)cc21. The van der Waals surface area contributed by atoms with E-state index in [1.165, 1.54) is 15.3 Å². The number of amides is 2. The molecule has 1 aromatic rings. The minimum Gasteiger partial charge on any atom is -0.358 e. The number of imide groups is 1. The third kappa shape index (κ3) is 2.18. The summed E-state index contributed by atoms with van der Waals surface area (Å²) in [6.45, 7) is 18.4. The fourth-order valence-corrected chi connectivity index (χ4v) is 10.8. The second-order valence-electron chi connectivity index (χ2n) is 11.0. The number of rotatable bonds is 2. The maximum Gasteiger partial charge on any atom is 0.236 e. The lowest BCUT2D eigenvalue weighted by Crippen LogP contribution is -2.57. The van der Waals surface area contributed by atoms with E-state index in [2.05, 4.69) is 51.4 Å². The van der Waals surface area contributed by atoms with Crippen molar-refractivity contribution >= 4 is 38.3 Å². The Labute approximate surface area is 164 Å². The summed E-state index contributed by atoms with van der Waals surface area (Å²) < 4.78 is 6.57. The molecule has 146 valence electrons. The van der Waals surface area contributed by atoms with Crippen LogP contribution in [0.2, 0.25) is 39.3 Å². The van der Waals surface area contributed by atoms with Crippen LogP contribution in [0, 0.1) is 11.8 Å². The Morgan fingerprint density at radius 3 is 1.44 bits per heavy atom. The average Bonchev–Trinajstić information content (AvgIpc) is 3.01. The van der Waals surface area contributed by atoms with Crippen molar-refractivity contribution in [3.05, 3.63) is 23.3 Å². The van der Waals surface area contributed by atoms with Crippen molar-refractivity contribution in [3.63, 3.8) is 0 Å². The number of carbonyl (C=O) groups is 2. The highest BCUT2D eigenvalue weighted by molar-refractivity contribution is 6.98. The Morgan fingerprint density at radius 2 is 1.15 bits per heavy atom. The monoisotopic (exact) mass is 401 g/mol. The van der Waals surface area contributed by atoms with Crippen LogP contribution in [0.25, 0.3) is 0 Å². The molecule has 6 heteroatoms. The van der Waals surface area contributed by atoms with Gasteiger partial charge in [0.05, 0.1) is 28.0 Å². The molecule has 1 aromatic carbocycles. The minimum atomic E-state index is -1.58. The van der Waals surface area contributed by atoms with Crippen LogP contribution in [-0.4, -0.2) is 39.9 Å². The zero-order valence-corrected chi connectivity index (χ0v) is 20.0. The predicted octanol–water partition coefficient (Wildman–Crippen LogP) is 2.48. The van der Waals surface area contributed by atoms with Gasteiger partial charge in [-0.25, -0.2) is 0 Å². The minimum absolute atomic E-state index is 0.0919. The molecule has 2 saturated heterocycles. The summed E-state index contributed by atoms with van der Waals surface area (Å²) in [5.41, 5.74) is 0.862. The molecule has 3 aliphatic heterocycles. The predicted molar refractivity (Wildman–Crippen MR) is 113 cm³/mol. The molecule has 27 heavy (non-hydrogen) atoms. The second-order valence-corrected chi connectivity index (χ2v) is 21.0. The first-order chi connectivity index (χ1) is 12.1. The zero-order valence-electron chi connectivity index (χ0n) is 18.0. The van der Waals surface area contributed by atoms with E-state index in [1.807, 2.05) is 13.8 Å². The zero-order chi connectivity index (χ0) is 20.3. The molecule has 0 aromatic heterocycles. The van der Waals surface area contributed by atoms with Crippen molar-refractivity contribution < 1.29 is 14.3 Å². The number of fused-ring (bicyclic) bond motifs is 8. The van der Waals surface area contributed by atoms with Crippen molar-refractivity contribution in [1.29, 1.82) is 0 Å². The number of carbonyl (C=O) groups excluding carboxylic acids is 2. The third-order valence-corrected chi connectivity index (χ3v) is 11.3. The lowest BCUT2D eigenvalue weighted by Gasteiger charge is -2.35. The van der Waals surface area contributed by atoms with Gasteiger partial charge in [0.1, 0.15) is 11.2 Å². The summed E-state index contributed by atoms with van der Waals surface area (Å²) in [5.74, 6) is -0.990. The van der Waals surface area contributed by atoms with Crippen molar-refractivity contribution in [2.75, 3.05) is 7.05 Å². The molecule has 4 atom stereocenters. The molecule has 2 amide bonds. The lowest BCUT2D eigenvalue weighted by molar-refractivity contribution is -0.149. The van der Waals surface area contributed by atoms with E-state index >= 15 is 0 Å². The molecule has 2 fully saturated rings. The largest absolute Gasteiger partial charge is 0.358 e. The maximum atomic E-state index is 12.9. The van der Waals surface area contributed by atoms with Gasteiger partial charge in [-0.05, 0) is 25.0 Å². The van der Waals surface area contributed by atoms with Crippen LogP contribution < -0.4 is 10.4 Å². The standard InChI is InChI=1S/C21H31NO3Si2/c1-20-12-10-14(26(4,5)6)15(27(7,8)9)11-13(12)21(2,25-20)17-16(20)18(23)22(3)19(17)24/h10-11,16-17H,1-9H3. The molecule has 0 aliphatic carbocycles. The highest BCUT2D eigenvalue weighted by atomic mass is 28.3. The van der Waals surface area contributed by atoms with Gasteiger partial charge < -0.3 is 4.74 Å². The first-order valence-corrected chi connectivity index (χ1v) is 16.9. The van der Waals surface area contributed by atoms with Crippen LogP contribution in [-0.2, 0) is 25.5 Å². The molecule has 0 radical (unpaired) electrons. The number of hydrogen-bond donors (Lipinski definition) is 0. The summed E-state index contributed by atoms with van der Waals surface area (Å²) in [4.78, 5) is 27.1. The molecule has 2 bridgehead atoms. The first-order valence-electron chi connectivity index (χ1n) is 9.85. The van der Waals surface area contributed by atoms with Gasteiger partial charge in [-0.2, -0.15) is 0 Å². The molecule has 3 heterocycles. The molecular weight excluding hydrogens is 370 g/mol. The normalized spacial score (nSPS) is 35.1. The van der Waals surface area contributed by atoms with E-state index in [0.29, 0.717) is 0 Å². The molecular formula is C21H31NO3Si2. The quantitative estimate of drug-likeness (QED) is 0.565. The Morgan fingerprint density at radius 1 is 0.815 bits per heavy atom. The van der Waals surface area contributed by atoms with E-state index in [9.17, 15) is 9.59 Å². The average molecular weight is 402 g/mol. The van der Waals surface area contributed by atoms with Crippen LogP contribution in [0.5, 0.6) is 0 Å². The first kappa shape index (κ1) is 19.1. The fourth-order valence-electron chi connectivity index (χ4n) is 5.59. The van der Waals surface area contributed by atoms with E-state index in [4.69, 9.17) is 4.74 Å². The molecule has 3 aliphatic rings. The molecule has 0 saturated carbocycles. The summed E-state index contributed by atoms with van der Waals surface area (Å²) >= 11 is 0. The van der Waals surface area contributed by atoms with E-state index in [-0.39, 0.29) is 11.8 Å². The summed E-state index contributed by atoms with van der Waals surface area (Å²) in [6.07, 6.45) is 0. The summed E-state index contributed by atoms with van der Waals surface area (Å²) in [7, 11) is -1.54. The lowest BCUT2D eigenvalue weighted by atomic mass is 9.66. The van der Waals surface area contributed by atoms with Crippen LogP contribution in [0.4, 0.5) is 0 Å². The molecule has 0 spiro atoms. The summed E-state index contributed by atoms with van der Waals surface area (Å²) in [6, 6.07) is 4.71. The van der Waals surface area contributed by atoms with Crippen molar-refractivity contribution in [2.24, 2.45) is 11.8 Å². The number of hydrogen-bond acceptors (Lipinski definition) is 3. The van der Waals surface area contributed by atoms with Gasteiger partial charge in [0.25, 0.3) is 0 Å². The topological polar surface area (TPSA) is 46.6 Å². The maximum absolute atomic E-state index is 12.9. The van der Waals surface area contributed by atoms with Gasteiger partial charge in [-0.15, -0.1) is 0 Å². The second kappa shape index (κ2) is 5.02. The van der Waals surface area contributed by atoms with Crippen LogP contribution in [0.15, 0.2) is 12.1 Å². The smallest absolute Gasteiger partial charge is 0.236 e. The molecule has 4 unspecified atom stereocenters. The van der Waals surface area contributed by atoms with Gasteiger partial charge in [0.15, 0.2) is 0 Å². The van der Waals surface area contributed by atoms with Crippen molar-refractivity contribution in [3.8, 4) is 0 Å². The molecule has 4 nitrogen and oxygen atoms in total. The van der Waals surface area contributed by atoms with Crippen LogP contribution in [0.3, 0.4) is 0 Å². The van der Waals surface area contributed by atoms with E-state index in [0.717, 1.165) is 11.1 Å². The number of ether oxygens (including phenoxy) is 1. The van der Waals surface area contributed by atoms with Gasteiger partial charge in [-0.3, -0.25) is 14.5 Å². The molecule has 4 rings (SSSR count). The molecule has 0 N–H and O–H groups in total. The van der Waals surface area contributed by atoms with Gasteiger partial charge in [0.2, 0.25) is 11.8 Å². The fraction of sp³-hybridized carbons (Fsp3) is 0.619.